The summed E-state index contributed by atoms with van der Waals surface area (Å²) >= 11 is -4.85. The third-order valence-corrected chi connectivity index (χ3v) is 63.2. The Hall–Kier alpha value is -1.96. The number of fused-ring (bicyclic) bond motifs is 2. The Balaban J connectivity index is 1.57. The number of benzene rings is 4. The maximum atomic E-state index is 8.68. The van der Waals surface area contributed by atoms with Crippen LogP contribution in [0.15, 0.2) is 83.9 Å². The molecule has 0 radical (unpaired) electrons. The summed E-state index contributed by atoms with van der Waals surface area (Å²) in [4.78, 5) is 0. The van der Waals surface area contributed by atoms with Gasteiger partial charge in [-0.05, 0) is 0 Å². The molecule has 2 atom stereocenters. The van der Waals surface area contributed by atoms with Gasteiger partial charge in [-0.1, -0.05) is 0 Å². The van der Waals surface area contributed by atoms with Crippen molar-refractivity contribution in [1.29, 1.82) is 0 Å². The molecule has 0 heterocycles. The minimum absolute atomic E-state index is 0.0821. The average Bonchev–Trinajstić information content (AvgIpc) is 3.58. The van der Waals surface area contributed by atoms with Gasteiger partial charge in [0.05, 0.1) is 0 Å². The van der Waals surface area contributed by atoms with E-state index in [2.05, 4.69) is 160 Å². The quantitative estimate of drug-likeness (QED) is 0.172. The first-order chi connectivity index (χ1) is 21.9. The normalized spacial score (nSPS) is 18.6. The summed E-state index contributed by atoms with van der Waals surface area (Å²) in [5.41, 5.74) is 18.7. The molecule has 0 saturated heterocycles. The van der Waals surface area contributed by atoms with Crippen molar-refractivity contribution in [2.45, 2.75) is 88.1 Å². The molecular formula is C43H51Cl2SiZr. The zero-order chi connectivity index (χ0) is 34.2. The standard InChI is InChI=1S/C22H25.C19H19.C2H7Si.2ClH.Zr/c1-15(2)18-13-17-7-6-8-20(21(17)14-18)16-9-11-19(12-10-16)22(3,4)5;1-12-5-7-16(15(4)9-12)17-8-6-14(3)18-10-13(2)11-19(17)18;1-3-2;;;/h6-15H,1-5H3;5-11H,1-4H3;3H,1-2H3;2*1H;/q;;;;;+2/p-2. The van der Waals surface area contributed by atoms with E-state index in [1.807, 2.05) is 0 Å². The molecule has 0 fully saturated rings. The van der Waals surface area contributed by atoms with E-state index >= 15 is 0 Å². The van der Waals surface area contributed by atoms with Crippen molar-refractivity contribution < 1.29 is 15.6 Å². The Morgan fingerprint density at radius 3 is 1.96 bits per heavy atom. The molecule has 4 aromatic carbocycles. The molecule has 4 aromatic rings. The molecule has 0 spiro atoms. The van der Waals surface area contributed by atoms with Crippen LogP contribution < -0.4 is 0 Å². The van der Waals surface area contributed by atoms with Crippen LogP contribution in [0.2, 0.25) is 13.1 Å². The van der Waals surface area contributed by atoms with Crippen molar-refractivity contribution in [1.82, 2.24) is 0 Å². The first-order valence-electron chi connectivity index (χ1n) is 17.4. The van der Waals surface area contributed by atoms with Gasteiger partial charge in [-0.3, -0.25) is 0 Å². The summed E-state index contributed by atoms with van der Waals surface area (Å²) in [6, 6.07) is 27.5. The predicted octanol–water partition coefficient (Wildman–Crippen LogP) is 13.5. The van der Waals surface area contributed by atoms with Gasteiger partial charge in [-0.15, -0.1) is 0 Å². The summed E-state index contributed by atoms with van der Waals surface area (Å²) in [7, 11) is 17.4. The predicted molar refractivity (Wildman–Crippen MR) is 209 cm³/mol. The van der Waals surface area contributed by atoms with E-state index in [-0.39, 0.29) is 12.7 Å². The van der Waals surface area contributed by atoms with Gasteiger partial charge in [-0.2, -0.15) is 0 Å². The van der Waals surface area contributed by atoms with Crippen LogP contribution in [0.3, 0.4) is 0 Å². The molecule has 4 heteroatoms. The molecule has 0 aromatic heterocycles. The second-order valence-electron chi connectivity index (χ2n) is 16.1. The molecular weight excluding hydrogens is 707 g/mol. The fourth-order valence-electron chi connectivity index (χ4n) is 8.66. The second kappa shape index (κ2) is 12.1. The van der Waals surface area contributed by atoms with Crippen molar-refractivity contribution in [2.75, 3.05) is 0 Å². The number of aryl methyl sites for hydroxylation is 3. The Morgan fingerprint density at radius 2 is 1.36 bits per heavy atom. The van der Waals surface area contributed by atoms with Gasteiger partial charge in [0.15, 0.2) is 0 Å². The third kappa shape index (κ3) is 5.59. The molecule has 0 saturated carbocycles. The van der Waals surface area contributed by atoms with E-state index in [4.69, 9.17) is 17.0 Å². The molecule has 0 bridgehead atoms. The Labute approximate surface area is 293 Å². The van der Waals surface area contributed by atoms with Gasteiger partial charge < -0.3 is 0 Å². The number of rotatable bonds is 6. The Kier molecular flexibility index (Phi) is 9.00. The van der Waals surface area contributed by atoms with Gasteiger partial charge >= 0.3 is 295 Å². The van der Waals surface area contributed by atoms with Gasteiger partial charge in [0.25, 0.3) is 0 Å². The van der Waals surface area contributed by atoms with Crippen molar-refractivity contribution in [2.24, 2.45) is 5.92 Å². The SMILES string of the molecule is CC1=Cc2c(-c3ccc(C)cc3C)ccc(C)c2[CH]1[Zr]([Cl])([Cl])([CH]1C(C(C)C)=Cc2c(-c3ccc(C(C)(C)C)cc3)cccc21)[SiH](C)C. The van der Waals surface area contributed by atoms with Gasteiger partial charge in [-0.25, -0.2) is 0 Å². The molecule has 2 aliphatic carbocycles. The minimum atomic E-state index is -4.85. The van der Waals surface area contributed by atoms with E-state index < -0.39 is 21.5 Å². The van der Waals surface area contributed by atoms with Crippen molar-refractivity contribution in [3.63, 3.8) is 0 Å². The zero-order valence-electron chi connectivity index (χ0n) is 30.1. The summed E-state index contributed by atoms with van der Waals surface area (Å²) < 4.78 is 0.165. The Morgan fingerprint density at radius 1 is 0.702 bits per heavy atom. The summed E-state index contributed by atoms with van der Waals surface area (Å²) in [6.45, 7) is 25.4. The molecule has 0 nitrogen and oxygen atoms in total. The van der Waals surface area contributed by atoms with E-state index in [0.717, 1.165) is 0 Å². The van der Waals surface area contributed by atoms with E-state index in [9.17, 15) is 0 Å². The summed E-state index contributed by atoms with van der Waals surface area (Å²) in [6.07, 6.45) is 4.93. The molecule has 245 valence electrons. The first-order valence-corrected chi connectivity index (χ1v) is 33.7. The summed E-state index contributed by atoms with van der Waals surface area (Å²) in [5, 5.41) is 0. The topological polar surface area (TPSA) is 0 Å². The van der Waals surface area contributed by atoms with E-state index in [1.165, 1.54) is 77.9 Å². The third-order valence-electron chi connectivity index (χ3n) is 11.3. The van der Waals surface area contributed by atoms with Crippen LogP contribution in [-0.2, 0) is 21.0 Å². The van der Waals surface area contributed by atoms with Crippen molar-refractivity contribution in [3.05, 3.63) is 128 Å². The van der Waals surface area contributed by atoms with Crippen molar-refractivity contribution in [3.8, 4) is 22.3 Å². The monoisotopic (exact) mass is 755 g/mol. The van der Waals surface area contributed by atoms with E-state index in [1.54, 1.807) is 0 Å². The number of allylic oxidation sites excluding steroid dienone is 2. The van der Waals surface area contributed by atoms with Gasteiger partial charge in [0.2, 0.25) is 0 Å². The van der Waals surface area contributed by atoms with Crippen LogP contribution in [0.5, 0.6) is 0 Å². The fraction of sp³-hybridized carbons (Fsp3) is 0.349. The second-order valence-corrected chi connectivity index (χ2v) is 58.7. The van der Waals surface area contributed by atoms with Crippen LogP contribution >= 0.6 is 17.0 Å². The van der Waals surface area contributed by atoms with Gasteiger partial charge in [0, 0.05) is 0 Å². The molecule has 2 unspecified atom stereocenters. The Bertz CT molecular complexity index is 1950. The number of hydrogen-bond acceptors (Lipinski definition) is 0. The van der Waals surface area contributed by atoms with Crippen LogP contribution in [0.1, 0.15) is 93.3 Å². The molecule has 0 N–H and O–H groups in total. The molecule has 0 amide bonds. The average molecular weight is 758 g/mol. The fourth-order valence-corrected chi connectivity index (χ4v) is 40.9. The van der Waals surface area contributed by atoms with Crippen LogP contribution in [-0.4, -0.2) is 5.92 Å². The van der Waals surface area contributed by atoms with E-state index in [0.29, 0.717) is 5.92 Å². The van der Waals surface area contributed by atoms with Gasteiger partial charge in [0.1, 0.15) is 0 Å². The molecule has 2 aliphatic rings. The van der Waals surface area contributed by atoms with Crippen LogP contribution in [0.4, 0.5) is 0 Å². The number of halogens is 2. The molecule has 6 rings (SSSR count). The van der Waals surface area contributed by atoms with Crippen LogP contribution in [0, 0.1) is 26.7 Å². The first kappa shape index (κ1) is 34.9. The molecule has 47 heavy (non-hydrogen) atoms. The summed E-state index contributed by atoms with van der Waals surface area (Å²) in [5.74, 6) is -1.30. The maximum absolute atomic E-state index is 8.68. The molecule has 0 aliphatic heterocycles. The van der Waals surface area contributed by atoms with Crippen LogP contribution in [0.25, 0.3) is 34.4 Å². The van der Waals surface area contributed by atoms with Crippen molar-refractivity contribution >= 4 is 35.1 Å². The zero-order valence-corrected chi connectivity index (χ0v) is 35.3. The number of hydrogen-bond donors (Lipinski definition) is 0.